The van der Waals surface area contributed by atoms with Gasteiger partial charge in [0.25, 0.3) is 0 Å². The number of nitro groups is 1. The van der Waals surface area contributed by atoms with Crippen LogP contribution >= 0.6 is 27.5 Å². The summed E-state index contributed by atoms with van der Waals surface area (Å²) in [6.45, 7) is 0. The Morgan fingerprint density at radius 1 is 1.22 bits per heavy atom. The first-order chi connectivity index (χ1) is 13.0. The number of halogens is 2. The Labute approximate surface area is 170 Å². The predicted molar refractivity (Wildman–Crippen MR) is 107 cm³/mol. The monoisotopic (exact) mass is 452 g/mol. The number of carbonyl (C=O) groups is 1. The molecule has 3 rings (SSSR count). The molecule has 2 aromatic rings. The quantitative estimate of drug-likeness (QED) is 0.367. The van der Waals surface area contributed by atoms with E-state index in [0.29, 0.717) is 23.6 Å². The van der Waals surface area contributed by atoms with Crippen LogP contribution in [0, 0.1) is 10.1 Å². The lowest BCUT2D eigenvalue weighted by Gasteiger charge is -2.39. The number of anilines is 1. The smallest absolute Gasteiger partial charge is 0.239 e. The van der Waals surface area contributed by atoms with E-state index in [1.807, 2.05) is 24.3 Å². The number of nitrogens with zero attached hydrogens (tertiary/aromatic N) is 2. The van der Waals surface area contributed by atoms with E-state index >= 15 is 0 Å². The number of hydrogen-bond donors (Lipinski definition) is 0. The third-order valence-corrected chi connectivity index (χ3v) is 5.38. The Kier molecular flexibility index (Phi) is 6.46. The minimum absolute atomic E-state index is 0.247. The summed E-state index contributed by atoms with van der Waals surface area (Å²) in [5.74, 6) is 0. The maximum Gasteiger partial charge on any atom is 0.239 e. The van der Waals surface area contributed by atoms with Gasteiger partial charge in [0, 0.05) is 20.8 Å². The van der Waals surface area contributed by atoms with E-state index in [0.717, 1.165) is 16.3 Å². The fourth-order valence-corrected chi connectivity index (χ4v) is 3.61. The zero-order valence-corrected chi connectivity index (χ0v) is 16.7. The van der Waals surface area contributed by atoms with Gasteiger partial charge in [0.1, 0.15) is 12.1 Å². The predicted octanol–water partition coefficient (Wildman–Crippen LogP) is 4.46. The van der Waals surface area contributed by atoms with Crippen molar-refractivity contribution in [1.82, 2.24) is 0 Å². The molecule has 142 valence electrons. The highest BCUT2D eigenvalue weighted by Crippen LogP contribution is 2.31. The highest BCUT2D eigenvalue weighted by molar-refractivity contribution is 9.10. The molecule has 0 N–H and O–H groups in total. The Hall–Kier alpha value is -1.96. The lowest BCUT2D eigenvalue weighted by molar-refractivity contribution is -0.527. The molecule has 6 nitrogen and oxygen atoms in total. The van der Waals surface area contributed by atoms with Crippen molar-refractivity contribution in [2.75, 3.05) is 5.06 Å². The maximum atomic E-state index is 11.9. The minimum Gasteiger partial charge on any atom is -0.300 e. The summed E-state index contributed by atoms with van der Waals surface area (Å²) in [7, 11) is 0. The maximum absolute atomic E-state index is 11.9. The summed E-state index contributed by atoms with van der Waals surface area (Å²) in [6.07, 6.45) is 1.32. The molecule has 0 aromatic heterocycles. The molecule has 0 saturated carbocycles. The normalized spacial score (nSPS) is 20.9. The second-order valence-corrected chi connectivity index (χ2v) is 7.76. The van der Waals surface area contributed by atoms with Gasteiger partial charge in [-0.1, -0.05) is 39.7 Å². The van der Waals surface area contributed by atoms with Gasteiger partial charge >= 0.3 is 0 Å². The molecule has 0 spiro atoms. The SMILES string of the molecule is O=C[C@H]1CC[C@H]([C@H](Cc2ccc(Cl)cc2)[N+](=O)[O-])N(c2ccc(Br)cc2)O1. The van der Waals surface area contributed by atoms with Gasteiger partial charge in [-0.15, -0.1) is 0 Å². The van der Waals surface area contributed by atoms with Gasteiger partial charge in [0.2, 0.25) is 6.04 Å². The zero-order chi connectivity index (χ0) is 19.4. The number of rotatable bonds is 6. The van der Waals surface area contributed by atoms with Crippen LogP contribution in [0.5, 0.6) is 0 Å². The number of aldehydes is 1. The van der Waals surface area contributed by atoms with Crippen molar-refractivity contribution in [1.29, 1.82) is 0 Å². The van der Waals surface area contributed by atoms with Crippen molar-refractivity contribution >= 4 is 39.5 Å². The molecule has 3 atom stereocenters. The minimum atomic E-state index is -0.887. The fraction of sp³-hybridized carbons (Fsp3) is 0.316. The van der Waals surface area contributed by atoms with Crippen molar-refractivity contribution in [2.24, 2.45) is 0 Å². The van der Waals surface area contributed by atoms with Crippen molar-refractivity contribution in [3.05, 3.63) is 73.7 Å². The van der Waals surface area contributed by atoms with Gasteiger partial charge in [-0.3, -0.25) is 15.0 Å². The van der Waals surface area contributed by atoms with Crippen LogP contribution < -0.4 is 5.06 Å². The van der Waals surface area contributed by atoms with E-state index in [1.165, 1.54) is 5.06 Å². The van der Waals surface area contributed by atoms with Crippen LogP contribution in [0.15, 0.2) is 53.0 Å². The fourth-order valence-electron chi connectivity index (χ4n) is 3.22. The van der Waals surface area contributed by atoms with Gasteiger partial charge in [0.05, 0.1) is 5.69 Å². The lowest BCUT2D eigenvalue weighted by Crippen LogP contribution is -2.53. The molecule has 0 radical (unpaired) electrons. The van der Waals surface area contributed by atoms with Gasteiger partial charge in [0.15, 0.2) is 6.29 Å². The topological polar surface area (TPSA) is 72.7 Å². The second-order valence-electron chi connectivity index (χ2n) is 6.41. The summed E-state index contributed by atoms with van der Waals surface area (Å²) < 4.78 is 0.888. The van der Waals surface area contributed by atoms with E-state index in [4.69, 9.17) is 16.4 Å². The molecule has 27 heavy (non-hydrogen) atoms. The molecule has 8 heteroatoms. The second kappa shape index (κ2) is 8.82. The highest BCUT2D eigenvalue weighted by atomic mass is 79.9. The summed E-state index contributed by atoms with van der Waals surface area (Å²) >= 11 is 9.29. The Morgan fingerprint density at radius 2 is 1.89 bits per heavy atom. The third kappa shape index (κ3) is 4.86. The number of hydroxylamine groups is 1. The molecule has 1 fully saturated rings. The summed E-state index contributed by atoms with van der Waals surface area (Å²) in [5, 5.41) is 14.0. The molecule has 1 aliphatic heterocycles. The van der Waals surface area contributed by atoms with Crippen LogP contribution in [0.25, 0.3) is 0 Å². The Morgan fingerprint density at radius 3 is 2.48 bits per heavy atom. The van der Waals surface area contributed by atoms with Gasteiger partial charge < -0.3 is 4.79 Å². The van der Waals surface area contributed by atoms with E-state index in [2.05, 4.69) is 15.9 Å². The number of hydrogen-bond acceptors (Lipinski definition) is 5. The average molecular weight is 454 g/mol. The van der Waals surface area contributed by atoms with Gasteiger partial charge in [-0.25, -0.2) is 5.06 Å². The molecule has 0 aliphatic carbocycles. The number of carbonyl (C=O) groups excluding carboxylic acids is 1. The Balaban J connectivity index is 1.89. The molecule has 0 amide bonds. The van der Waals surface area contributed by atoms with Crippen molar-refractivity contribution < 1.29 is 14.6 Å². The van der Waals surface area contributed by atoms with Crippen LogP contribution in [0.1, 0.15) is 18.4 Å². The molecule has 1 heterocycles. The van der Waals surface area contributed by atoms with Crippen LogP contribution in [0.4, 0.5) is 5.69 Å². The molecule has 2 aromatic carbocycles. The molecule has 1 aliphatic rings. The van der Waals surface area contributed by atoms with Crippen LogP contribution in [0.2, 0.25) is 5.02 Å². The van der Waals surface area contributed by atoms with Crippen molar-refractivity contribution in [3.63, 3.8) is 0 Å². The van der Waals surface area contributed by atoms with Gasteiger partial charge in [-0.2, -0.15) is 0 Å². The third-order valence-electron chi connectivity index (χ3n) is 4.60. The van der Waals surface area contributed by atoms with Gasteiger partial charge in [-0.05, 0) is 54.8 Å². The van der Waals surface area contributed by atoms with E-state index in [-0.39, 0.29) is 11.3 Å². The van der Waals surface area contributed by atoms with E-state index in [1.54, 1.807) is 24.3 Å². The standard InChI is InChI=1S/C19H18BrClN2O4/c20-14-3-7-16(8-4-14)22-18(10-9-17(12-24)27-22)19(23(25)26)11-13-1-5-15(21)6-2-13/h1-8,12,17-19H,9-11H2/t17-,18-,19+/m1/s1. The van der Waals surface area contributed by atoms with Crippen molar-refractivity contribution in [3.8, 4) is 0 Å². The van der Waals surface area contributed by atoms with Crippen LogP contribution in [-0.4, -0.2) is 29.4 Å². The zero-order valence-electron chi connectivity index (χ0n) is 14.3. The molecular formula is C19H18BrClN2O4. The molecule has 1 saturated heterocycles. The van der Waals surface area contributed by atoms with Crippen LogP contribution in [0.3, 0.4) is 0 Å². The summed E-state index contributed by atoms with van der Waals surface area (Å²) in [5.41, 5.74) is 1.51. The first kappa shape index (κ1) is 19.8. The van der Waals surface area contributed by atoms with E-state index < -0.39 is 18.2 Å². The summed E-state index contributed by atoms with van der Waals surface area (Å²) in [6, 6.07) is 12.9. The average Bonchev–Trinajstić information content (AvgIpc) is 2.67. The van der Waals surface area contributed by atoms with E-state index in [9.17, 15) is 14.9 Å². The molecule has 0 unspecified atom stereocenters. The highest BCUT2D eigenvalue weighted by Gasteiger charge is 2.41. The largest absolute Gasteiger partial charge is 0.300 e. The molecular weight excluding hydrogens is 436 g/mol. The van der Waals surface area contributed by atoms with Crippen molar-refractivity contribution in [2.45, 2.75) is 37.5 Å². The lowest BCUT2D eigenvalue weighted by atomic mass is 9.93. The first-order valence-electron chi connectivity index (χ1n) is 8.52. The Bertz CT molecular complexity index is 800. The molecule has 0 bridgehead atoms. The summed E-state index contributed by atoms with van der Waals surface area (Å²) in [4.78, 5) is 28.6. The first-order valence-corrected chi connectivity index (χ1v) is 9.70. The van der Waals surface area contributed by atoms with Crippen LogP contribution in [-0.2, 0) is 16.1 Å². The number of benzene rings is 2.